The molecule has 0 aromatic rings. The van der Waals surface area contributed by atoms with E-state index in [2.05, 4.69) is 5.32 Å². The Morgan fingerprint density at radius 3 is 2.75 bits per heavy atom. The van der Waals surface area contributed by atoms with E-state index in [1.165, 1.54) is 0 Å². The lowest BCUT2D eigenvalue weighted by Crippen LogP contribution is -2.40. The minimum Gasteiger partial charge on any atom is -0.369 e. The second-order valence-electron chi connectivity index (χ2n) is 2.07. The van der Waals surface area contributed by atoms with Crippen LogP contribution in [0.25, 0.3) is 0 Å². The van der Waals surface area contributed by atoms with Gasteiger partial charge in [-0.1, -0.05) is 0 Å². The van der Waals surface area contributed by atoms with Crippen LogP contribution in [0.3, 0.4) is 0 Å². The molecule has 0 aromatic heterocycles. The van der Waals surface area contributed by atoms with Crippen LogP contribution >= 0.6 is 0 Å². The summed E-state index contributed by atoms with van der Waals surface area (Å²) in [7, 11) is 0. The van der Waals surface area contributed by atoms with Crippen LogP contribution in [-0.4, -0.2) is 23.7 Å². The standard InChI is InChI=1S/C5H9NO2/c7-4-5(8)2-1-3-6-5/h4,6,8H,1-3H2. The third-order valence-electron chi connectivity index (χ3n) is 1.36. The molecule has 1 fully saturated rings. The molecule has 1 heterocycles. The molecule has 8 heavy (non-hydrogen) atoms. The number of aldehydes is 1. The highest BCUT2D eigenvalue weighted by Gasteiger charge is 2.29. The number of rotatable bonds is 1. The lowest BCUT2D eigenvalue weighted by Gasteiger charge is -2.12. The quantitative estimate of drug-likeness (QED) is 0.442. The highest BCUT2D eigenvalue weighted by molar-refractivity contribution is 5.61. The molecule has 1 unspecified atom stereocenters. The number of nitrogens with one attached hydrogen (secondary N) is 1. The van der Waals surface area contributed by atoms with Crippen molar-refractivity contribution in [1.29, 1.82) is 0 Å². The summed E-state index contributed by atoms with van der Waals surface area (Å²) in [6, 6.07) is 0. The predicted octanol–water partition coefficient (Wildman–Crippen LogP) is -0.743. The second-order valence-corrected chi connectivity index (χ2v) is 2.07. The van der Waals surface area contributed by atoms with E-state index in [4.69, 9.17) is 5.11 Å². The van der Waals surface area contributed by atoms with Crippen LogP contribution in [0.5, 0.6) is 0 Å². The molecule has 0 radical (unpaired) electrons. The van der Waals surface area contributed by atoms with Crippen molar-refractivity contribution in [1.82, 2.24) is 5.32 Å². The number of aliphatic hydroxyl groups is 1. The maximum atomic E-state index is 10.0. The van der Waals surface area contributed by atoms with Crippen molar-refractivity contribution in [2.45, 2.75) is 18.6 Å². The summed E-state index contributed by atoms with van der Waals surface area (Å²) in [4.78, 5) is 10.0. The first-order chi connectivity index (χ1) is 3.77. The Hall–Kier alpha value is -0.410. The third kappa shape index (κ3) is 0.877. The zero-order valence-corrected chi connectivity index (χ0v) is 4.55. The monoisotopic (exact) mass is 115 g/mol. The first-order valence-electron chi connectivity index (χ1n) is 2.71. The Morgan fingerprint density at radius 1 is 1.75 bits per heavy atom. The minimum atomic E-state index is -1.19. The van der Waals surface area contributed by atoms with Crippen LogP contribution in [0.15, 0.2) is 0 Å². The highest BCUT2D eigenvalue weighted by atomic mass is 16.3. The van der Waals surface area contributed by atoms with Gasteiger partial charge in [-0.25, -0.2) is 0 Å². The number of carbonyl (C=O) groups is 1. The molecule has 2 N–H and O–H groups in total. The zero-order valence-electron chi connectivity index (χ0n) is 4.55. The largest absolute Gasteiger partial charge is 0.369 e. The van der Waals surface area contributed by atoms with Crippen LogP contribution in [0.2, 0.25) is 0 Å². The van der Waals surface area contributed by atoms with Crippen molar-refractivity contribution in [2.24, 2.45) is 0 Å². The van der Waals surface area contributed by atoms with Gasteiger partial charge in [0.1, 0.15) is 0 Å². The fourth-order valence-corrected chi connectivity index (χ4v) is 0.852. The van der Waals surface area contributed by atoms with Crippen LogP contribution in [0.4, 0.5) is 0 Å². The Labute approximate surface area is 47.7 Å². The summed E-state index contributed by atoms with van der Waals surface area (Å²) in [5.41, 5.74) is -1.19. The Bertz CT molecular complexity index is 96.6. The van der Waals surface area contributed by atoms with E-state index in [-0.39, 0.29) is 0 Å². The van der Waals surface area contributed by atoms with Crippen molar-refractivity contribution in [3.63, 3.8) is 0 Å². The SMILES string of the molecule is O=CC1(O)CCCN1. The Morgan fingerprint density at radius 2 is 2.50 bits per heavy atom. The topological polar surface area (TPSA) is 49.3 Å². The summed E-state index contributed by atoms with van der Waals surface area (Å²) in [6.45, 7) is 0.745. The normalized spacial score (nSPS) is 37.6. The summed E-state index contributed by atoms with van der Waals surface area (Å²) < 4.78 is 0. The molecule has 0 aromatic carbocycles. The van der Waals surface area contributed by atoms with E-state index in [1.54, 1.807) is 0 Å². The van der Waals surface area contributed by atoms with Gasteiger partial charge in [0.15, 0.2) is 12.0 Å². The van der Waals surface area contributed by atoms with E-state index in [1.807, 2.05) is 0 Å². The molecule has 1 rings (SSSR count). The Balaban J connectivity index is 2.52. The lowest BCUT2D eigenvalue weighted by atomic mass is 10.2. The first kappa shape index (κ1) is 5.72. The molecule has 0 amide bonds. The molecule has 3 heteroatoms. The van der Waals surface area contributed by atoms with Gasteiger partial charge in [0.25, 0.3) is 0 Å². The van der Waals surface area contributed by atoms with Gasteiger partial charge in [-0.05, 0) is 19.4 Å². The highest BCUT2D eigenvalue weighted by Crippen LogP contribution is 2.11. The summed E-state index contributed by atoms with van der Waals surface area (Å²) >= 11 is 0. The summed E-state index contributed by atoms with van der Waals surface area (Å²) in [6.07, 6.45) is 1.99. The average Bonchev–Trinajstić information content (AvgIpc) is 2.17. The van der Waals surface area contributed by atoms with Gasteiger partial charge in [-0.2, -0.15) is 0 Å². The van der Waals surface area contributed by atoms with E-state index < -0.39 is 5.72 Å². The zero-order chi connectivity index (χ0) is 6.04. The molecule has 0 spiro atoms. The van der Waals surface area contributed by atoms with Gasteiger partial charge in [-0.3, -0.25) is 10.1 Å². The van der Waals surface area contributed by atoms with Crippen molar-refractivity contribution >= 4 is 6.29 Å². The molecule has 0 saturated carbocycles. The molecule has 0 aliphatic carbocycles. The fourth-order valence-electron chi connectivity index (χ4n) is 0.852. The molecular weight excluding hydrogens is 106 g/mol. The van der Waals surface area contributed by atoms with E-state index >= 15 is 0 Å². The van der Waals surface area contributed by atoms with Crippen molar-refractivity contribution in [3.05, 3.63) is 0 Å². The first-order valence-corrected chi connectivity index (χ1v) is 2.71. The van der Waals surface area contributed by atoms with E-state index in [9.17, 15) is 4.79 Å². The molecule has 0 bridgehead atoms. The second kappa shape index (κ2) is 1.84. The van der Waals surface area contributed by atoms with Crippen molar-refractivity contribution in [2.75, 3.05) is 6.54 Å². The Kier molecular flexibility index (Phi) is 1.31. The molecule has 46 valence electrons. The molecule has 1 atom stereocenters. The summed E-state index contributed by atoms with van der Waals surface area (Å²) in [5, 5.41) is 11.7. The molecule has 1 saturated heterocycles. The number of carbonyl (C=O) groups excluding carboxylic acids is 1. The molecule has 1 aliphatic rings. The van der Waals surface area contributed by atoms with Gasteiger partial charge in [0.05, 0.1) is 0 Å². The van der Waals surface area contributed by atoms with Gasteiger partial charge in [0.2, 0.25) is 0 Å². The van der Waals surface area contributed by atoms with Crippen molar-refractivity contribution < 1.29 is 9.90 Å². The smallest absolute Gasteiger partial charge is 0.172 e. The van der Waals surface area contributed by atoms with Crippen LogP contribution in [0.1, 0.15) is 12.8 Å². The predicted molar refractivity (Wildman–Crippen MR) is 28.3 cm³/mol. The van der Waals surface area contributed by atoms with Gasteiger partial charge in [0, 0.05) is 0 Å². The molecular formula is C5H9NO2. The van der Waals surface area contributed by atoms with Crippen LogP contribution < -0.4 is 5.32 Å². The average molecular weight is 115 g/mol. The maximum absolute atomic E-state index is 10.0. The minimum absolute atomic E-state index is 0.552. The molecule has 1 aliphatic heterocycles. The van der Waals surface area contributed by atoms with Gasteiger partial charge >= 0.3 is 0 Å². The lowest BCUT2D eigenvalue weighted by molar-refractivity contribution is -0.125. The van der Waals surface area contributed by atoms with E-state index in [0.717, 1.165) is 13.0 Å². The maximum Gasteiger partial charge on any atom is 0.172 e. The number of hydrogen-bond acceptors (Lipinski definition) is 3. The third-order valence-corrected chi connectivity index (χ3v) is 1.36. The van der Waals surface area contributed by atoms with Crippen LogP contribution in [-0.2, 0) is 4.79 Å². The number of hydrogen-bond donors (Lipinski definition) is 2. The van der Waals surface area contributed by atoms with Crippen LogP contribution in [0, 0.1) is 0 Å². The molecule has 3 nitrogen and oxygen atoms in total. The van der Waals surface area contributed by atoms with Gasteiger partial charge < -0.3 is 5.11 Å². The fraction of sp³-hybridized carbons (Fsp3) is 0.800. The summed E-state index contributed by atoms with van der Waals surface area (Å²) in [5.74, 6) is 0. The van der Waals surface area contributed by atoms with Crippen molar-refractivity contribution in [3.8, 4) is 0 Å². The van der Waals surface area contributed by atoms with E-state index in [0.29, 0.717) is 12.7 Å². The van der Waals surface area contributed by atoms with Gasteiger partial charge in [-0.15, -0.1) is 0 Å².